The Morgan fingerprint density at radius 3 is 2.90 bits per heavy atom. The first-order chi connectivity index (χ1) is 10.3. The van der Waals surface area contributed by atoms with E-state index in [1.165, 1.54) is 12.8 Å². The Balaban J connectivity index is 1.96. The molecule has 1 aromatic rings. The molecule has 0 saturated heterocycles. The number of hydrogen-bond donors (Lipinski definition) is 2. The minimum Gasteiger partial charge on any atom is -0.493 e. The van der Waals surface area contributed by atoms with Gasteiger partial charge in [-0.3, -0.25) is 0 Å². The van der Waals surface area contributed by atoms with Crippen LogP contribution >= 0.6 is 0 Å². The highest BCUT2D eigenvalue weighted by Gasteiger charge is 2.22. The van der Waals surface area contributed by atoms with Gasteiger partial charge >= 0.3 is 0 Å². The second kappa shape index (κ2) is 8.35. The lowest BCUT2D eigenvalue weighted by atomic mass is 10.2. The number of benzene rings is 1. The van der Waals surface area contributed by atoms with Crippen LogP contribution in [-0.4, -0.2) is 25.7 Å². The Hall–Kier alpha value is -1.97. The molecule has 0 aromatic heterocycles. The van der Waals surface area contributed by atoms with Crippen LogP contribution in [-0.2, 0) is 6.54 Å². The van der Waals surface area contributed by atoms with Crippen LogP contribution in [0.25, 0.3) is 0 Å². The minimum atomic E-state index is 0.604. The molecule has 2 N–H and O–H groups in total. The summed E-state index contributed by atoms with van der Waals surface area (Å²) in [4.78, 5) is 4.59. The van der Waals surface area contributed by atoms with Gasteiger partial charge in [-0.25, -0.2) is 4.99 Å². The van der Waals surface area contributed by atoms with Crippen molar-refractivity contribution >= 4 is 5.96 Å². The molecule has 2 rings (SSSR count). The van der Waals surface area contributed by atoms with E-state index in [9.17, 15) is 0 Å². The van der Waals surface area contributed by atoms with E-state index in [4.69, 9.17) is 4.74 Å². The molecule has 1 fully saturated rings. The molecule has 114 valence electrons. The Labute approximate surface area is 127 Å². The largest absolute Gasteiger partial charge is 0.493 e. The zero-order valence-electron chi connectivity index (χ0n) is 12.8. The van der Waals surface area contributed by atoms with Gasteiger partial charge in [0.1, 0.15) is 5.75 Å². The summed E-state index contributed by atoms with van der Waals surface area (Å²) in [5, 5.41) is 6.42. The topological polar surface area (TPSA) is 45.7 Å². The SMILES string of the molecule is C=CCNC(=NCc1ccccc1OCC1CC1)NCC. The Morgan fingerprint density at radius 2 is 2.19 bits per heavy atom. The Morgan fingerprint density at radius 1 is 1.38 bits per heavy atom. The lowest BCUT2D eigenvalue weighted by Gasteiger charge is -2.12. The van der Waals surface area contributed by atoms with Crippen molar-refractivity contribution in [3.05, 3.63) is 42.5 Å². The van der Waals surface area contributed by atoms with Crippen molar-refractivity contribution in [1.82, 2.24) is 10.6 Å². The molecule has 0 amide bonds. The first kappa shape index (κ1) is 15.4. The van der Waals surface area contributed by atoms with Gasteiger partial charge in [-0.2, -0.15) is 0 Å². The molecule has 0 atom stereocenters. The van der Waals surface area contributed by atoms with Crippen molar-refractivity contribution in [2.24, 2.45) is 10.9 Å². The van der Waals surface area contributed by atoms with Crippen LogP contribution in [0.4, 0.5) is 0 Å². The second-order valence-corrected chi connectivity index (χ2v) is 5.23. The monoisotopic (exact) mass is 287 g/mol. The second-order valence-electron chi connectivity index (χ2n) is 5.23. The summed E-state index contributed by atoms with van der Waals surface area (Å²) >= 11 is 0. The molecule has 1 aromatic carbocycles. The van der Waals surface area contributed by atoms with Crippen molar-refractivity contribution < 1.29 is 4.74 Å². The molecule has 1 aliphatic carbocycles. The van der Waals surface area contributed by atoms with E-state index >= 15 is 0 Å². The van der Waals surface area contributed by atoms with Gasteiger partial charge in [0.25, 0.3) is 0 Å². The van der Waals surface area contributed by atoms with Crippen LogP contribution in [0.1, 0.15) is 25.3 Å². The molecule has 4 heteroatoms. The highest BCUT2D eigenvalue weighted by molar-refractivity contribution is 5.79. The predicted octanol–water partition coefficient (Wildman–Crippen LogP) is 2.72. The van der Waals surface area contributed by atoms with E-state index < -0.39 is 0 Å². The molecule has 0 unspecified atom stereocenters. The van der Waals surface area contributed by atoms with Gasteiger partial charge in [0.2, 0.25) is 0 Å². The van der Waals surface area contributed by atoms with Crippen LogP contribution in [0, 0.1) is 5.92 Å². The molecule has 4 nitrogen and oxygen atoms in total. The van der Waals surface area contributed by atoms with Gasteiger partial charge in [-0.1, -0.05) is 24.3 Å². The average Bonchev–Trinajstić information content (AvgIpc) is 3.33. The maximum atomic E-state index is 5.91. The number of guanidine groups is 1. The van der Waals surface area contributed by atoms with Crippen molar-refractivity contribution in [3.63, 3.8) is 0 Å². The average molecular weight is 287 g/mol. The molecule has 0 spiro atoms. The first-order valence-electron chi connectivity index (χ1n) is 7.67. The van der Waals surface area contributed by atoms with Crippen molar-refractivity contribution in [2.45, 2.75) is 26.3 Å². The van der Waals surface area contributed by atoms with E-state index in [-0.39, 0.29) is 0 Å². The van der Waals surface area contributed by atoms with E-state index in [1.54, 1.807) is 0 Å². The van der Waals surface area contributed by atoms with Crippen LogP contribution in [0.2, 0.25) is 0 Å². The highest BCUT2D eigenvalue weighted by atomic mass is 16.5. The van der Waals surface area contributed by atoms with Crippen LogP contribution in [0.15, 0.2) is 41.9 Å². The molecule has 0 aliphatic heterocycles. The summed E-state index contributed by atoms with van der Waals surface area (Å²) in [6, 6.07) is 8.13. The summed E-state index contributed by atoms with van der Waals surface area (Å²) in [5.74, 6) is 2.51. The summed E-state index contributed by atoms with van der Waals surface area (Å²) in [6.45, 7) is 8.73. The predicted molar refractivity (Wildman–Crippen MR) is 87.7 cm³/mol. The third-order valence-corrected chi connectivity index (χ3v) is 3.31. The molecular weight excluding hydrogens is 262 g/mol. The lowest BCUT2D eigenvalue weighted by molar-refractivity contribution is 0.297. The molecule has 1 aliphatic rings. The zero-order chi connectivity index (χ0) is 14.9. The van der Waals surface area contributed by atoms with Gasteiger partial charge < -0.3 is 15.4 Å². The van der Waals surface area contributed by atoms with Crippen LogP contribution in [0.3, 0.4) is 0 Å². The van der Waals surface area contributed by atoms with E-state index in [2.05, 4.69) is 35.2 Å². The molecule has 21 heavy (non-hydrogen) atoms. The third kappa shape index (κ3) is 5.50. The fourth-order valence-electron chi connectivity index (χ4n) is 1.94. The molecular formula is C17H25N3O. The van der Waals surface area contributed by atoms with Crippen LogP contribution in [0.5, 0.6) is 5.75 Å². The van der Waals surface area contributed by atoms with E-state index in [0.717, 1.165) is 36.3 Å². The third-order valence-electron chi connectivity index (χ3n) is 3.31. The standard InChI is InChI=1S/C17H25N3O/c1-3-11-19-17(18-4-2)20-12-15-7-5-6-8-16(15)21-13-14-9-10-14/h3,5-8,14H,1,4,9-13H2,2H3,(H2,18,19,20). The number of para-hydroxylation sites is 1. The van der Waals surface area contributed by atoms with Crippen molar-refractivity contribution in [3.8, 4) is 5.75 Å². The number of nitrogens with zero attached hydrogens (tertiary/aromatic N) is 1. The number of rotatable bonds is 8. The normalized spacial score (nSPS) is 14.6. The number of ether oxygens (including phenoxy) is 1. The maximum absolute atomic E-state index is 5.91. The fraction of sp³-hybridized carbons (Fsp3) is 0.471. The Bertz CT molecular complexity index is 481. The van der Waals surface area contributed by atoms with Gasteiger partial charge in [-0.15, -0.1) is 6.58 Å². The Kier molecular flexibility index (Phi) is 6.13. The molecule has 0 bridgehead atoms. The maximum Gasteiger partial charge on any atom is 0.191 e. The van der Waals surface area contributed by atoms with Crippen molar-refractivity contribution in [1.29, 1.82) is 0 Å². The van der Waals surface area contributed by atoms with Gasteiger partial charge in [0, 0.05) is 18.7 Å². The smallest absolute Gasteiger partial charge is 0.191 e. The van der Waals surface area contributed by atoms with E-state index in [1.807, 2.05) is 24.3 Å². The molecule has 0 radical (unpaired) electrons. The van der Waals surface area contributed by atoms with Gasteiger partial charge in [0.05, 0.1) is 13.2 Å². The summed E-state index contributed by atoms with van der Waals surface area (Å²) in [7, 11) is 0. The fourth-order valence-corrected chi connectivity index (χ4v) is 1.94. The highest BCUT2D eigenvalue weighted by Crippen LogP contribution is 2.30. The number of hydrogen-bond acceptors (Lipinski definition) is 2. The van der Waals surface area contributed by atoms with Gasteiger partial charge in [0.15, 0.2) is 5.96 Å². The summed E-state index contributed by atoms with van der Waals surface area (Å²) in [6.07, 6.45) is 4.42. The minimum absolute atomic E-state index is 0.604. The summed E-state index contributed by atoms with van der Waals surface area (Å²) < 4.78 is 5.91. The first-order valence-corrected chi connectivity index (χ1v) is 7.67. The van der Waals surface area contributed by atoms with E-state index in [0.29, 0.717) is 13.1 Å². The summed E-state index contributed by atoms with van der Waals surface area (Å²) in [5.41, 5.74) is 1.12. The number of nitrogens with one attached hydrogen (secondary N) is 2. The lowest BCUT2D eigenvalue weighted by Crippen LogP contribution is -2.37. The molecule has 0 heterocycles. The molecule has 1 saturated carbocycles. The number of aliphatic imine (C=N–C) groups is 1. The van der Waals surface area contributed by atoms with Gasteiger partial charge in [-0.05, 0) is 31.7 Å². The van der Waals surface area contributed by atoms with Crippen LogP contribution < -0.4 is 15.4 Å². The zero-order valence-corrected chi connectivity index (χ0v) is 12.8. The quantitative estimate of drug-likeness (QED) is 0.439. The van der Waals surface area contributed by atoms with Crippen molar-refractivity contribution in [2.75, 3.05) is 19.7 Å².